The number of methoxy groups -OCH3 is 1. The summed E-state index contributed by atoms with van der Waals surface area (Å²) in [5.41, 5.74) is 2.45. The molecular weight excluding hydrogens is 380 g/mol. The fourth-order valence-corrected chi connectivity index (χ4v) is 4.26. The molecule has 1 fully saturated rings. The van der Waals surface area contributed by atoms with E-state index in [1.54, 1.807) is 19.5 Å². The highest BCUT2D eigenvalue weighted by molar-refractivity contribution is 7.88. The van der Waals surface area contributed by atoms with Crippen LogP contribution in [0.25, 0.3) is 22.3 Å². The minimum absolute atomic E-state index is 0. The molecule has 150 valence electrons. The summed E-state index contributed by atoms with van der Waals surface area (Å²) in [5, 5.41) is 0.920. The van der Waals surface area contributed by atoms with Crippen molar-refractivity contribution in [2.24, 2.45) is 0 Å². The molecular formula is C18H24N6O3S. The van der Waals surface area contributed by atoms with Gasteiger partial charge in [0.2, 0.25) is 16.0 Å². The maximum absolute atomic E-state index is 11.8. The molecule has 0 saturated carbocycles. The van der Waals surface area contributed by atoms with E-state index in [1.165, 1.54) is 10.6 Å². The fraction of sp³-hybridized carbons (Fsp3) is 0.389. The second-order valence-corrected chi connectivity index (χ2v) is 8.70. The van der Waals surface area contributed by atoms with Crippen molar-refractivity contribution in [1.29, 1.82) is 0 Å². The molecule has 1 aliphatic heterocycles. The van der Waals surface area contributed by atoms with Crippen molar-refractivity contribution < 1.29 is 14.6 Å². The first-order chi connectivity index (χ1) is 13.5. The van der Waals surface area contributed by atoms with Crippen LogP contribution in [0.1, 0.15) is 7.85 Å². The monoisotopic (exact) mass is 404 g/mol. The van der Waals surface area contributed by atoms with Gasteiger partial charge in [-0.25, -0.2) is 27.7 Å². The molecule has 3 aromatic rings. The summed E-state index contributed by atoms with van der Waals surface area (Å²) in [6, 6.07) is 3.78. The Hall–Kier alpha value is -2.72. The van der Waals surface area contributed by atoms with Crippen LogP contribution in [-0.4, -0.2) is 72.2 Å². The molecule has 28 heavy (non-hydrogen) atoms. The lowest BCUT2D eigenvalue weighted by Crippen LogP contribution is -2.34. The first kappa shape index (κ1) is 18.6. The van der Waals surface area contributed by atoms with Crippen LogP contribution in [0.2, 0.25) is 0 Å². The number of pyridine rings is 1. The van der Waals surface area contributed by atoms with E-state index in [-0.39, 0.29) is 1.43 Å². The lowest BCUT2D eigenvalue weighted by atomic mass is 10.1. The number of hydrogen-bond acceptors (Lipinski definition) is 7. The van der Waals surface area contributed by atoms with E-state index in [1.807, 2.05) is 23.2 Å². The molecule has 0 unspecified atom stereocenters. The second-order valence-electron chi connectivity index (χ2n) is 6.72. The van der Waals surface area contributed by atoms with Gasteiger partial charge in [-0.3, -0.25) is 0 Å². The number of rotatable bonds is 4. The fourth-order valence-electron chi connectivity index (χ4n) is 3.38. The number of sulfonamides is 1. The average molecular weight is 404 g/mol. The van der Waals surface area contributed by atoms with Crippen molar-refractivity contribution in [3.8, 4) is 17.0 Å². The number of H-pyrrole nitrogens is 1. The predicted molar refractivity (Wildman–Crippen MR) is 109 cm³/mol. The zero-order valence-corrected chi connectivity index (χ0v) is 16.6. The standard InChI is InChI=1S/C18H22N6O3S.H2/c1-27-13-10-14-15(12-21-17(14)20-11-13)16-4-5-19-18(22-16)23-6-3-7-24(9-8-23)28(2,25)26;/h4-5,10-12H,3,6-9H2,1-2H3,(H,20,21);1H. The van der Waals surface area contributed by atoms with E-state index < -0.39 is 10.0 Å². The highest BCUT2D eigenvalue weighted by atomic mass is 32.2. The van der Waals surface area contributed by atoms with Gasteiger partial charge in [-0.15, -0.1) is 0 Å². The summed E-state index contributed by atoms with van der Waals surface area (Å²) in [5.74, 6) is 1.27. The second kappa shape index (κ2) is 7.36. The number of hydrogen-bond donors (Lipinski definition) is 1. The SMILES string of the molecule is COc1cnc2[nH]cc(-c3ccnc(N4CCCN(S(C)(=O)=O)CC4)n3)c2c1.[HH]. The van der Waals surface area contributed by atoms with Gasteiger partial charge < -0.3 is 14.6 Å². The van der Waals surface area contributed by atoms with Gasteiger partial charge in [-0.2, -0.15) is 0 Å². The lowest BCUT2D eigenvalue weighted by molar-refractivity contribution is 0.414. The summed E-state index contributed by atoms with van der Waals surface area (Å²) in [4.78, 5) is 18.7. The average Bonchev–Trinajstić information content (AvgIpc) is 2.93. The van der Waals surface area contributed by atoms with Crippen molar-refractivity contribution in [3.63, 3.8) is 0 Å². The molecule has 1 N–H and O–H groups in total. The summed E-state index contributed by atoms with van der Waals surface area (Å²) in [6.07, 6.45) is 7.24. The van der Waals surface area contributed by atoms with Crippen molar-refractivity contribution in [3.05, 3.63) is 30.7 Å². The maximum atomic E-state index is 11.8. The van der Waals surface area contributed by atoms with Crippen LogP contribution in [0.5, 0.6) is 5.75 Å². The molecule has 3 aromatic heterocycles. The molecule has 1 saturated heterocycles. The number of aromatic nitrogens is 4. The smallest absolute Gasteiger partial charge is 0.225 e. The number of nitrogens with zero attached hydrogens (tertiary/aromatic N) is 5. The molecule has 4 heterocycles. The Morgan fingerprint density at radius 2 is 2.07 bits per heavy atom. The molecule has 9 nitrogen and oxygen atoms in total. The third-order valence-electron chi connectivity index (χ3n) is 4.87. The molecule has 1 aliphatic rings. The highest BCUT2D eigenvalue weighted by Gasteiger charge is 2.23. The Kier molecular flexibility index (Phi) is 4.90. The Balaban J connectivity index is 0.00000240. The molecule has 0 spiro atoms. The van der Waals surface area contributed by atoms with Crippen LogP contribution in [-0.2, 0) is 10.0 Å². The lowest BCUT2D eigenvalue weighted by Gasteiger charge is -2.21. The van der Waals surface area contributed by atoms with Crippen molar-refractivity contribution >= 4 is 27.0 Å². The summed E-state index contributed by atoms with van der Waals surface area (Å²) >= 11 is 0. The number of ether oxygens (including phenoxy) is 1. The van der Waals surface area contributed by atoms with Gasteiger partial charge in [0.1, 0.15) is 11.4 Å². The van der Waals surface area contributed by atoms with Crippen LogP contribution in [0, 0.1) is 0 Å². The quantitative estimate of drug-likeness (QED) is 0.706. The van der Waals surface area contributed by atoms with E-state index in [4.69, 9.17) is 9.72 Å². The Labute approximate surface area is 164 Å². The largest absolute Gasteiger partial charge is 0.495 e. The molecule has 4 rings (SSSR count). The highest BCUT2D eigenvalue weighted by Crippen LogP contribution is 2.29. The number of anilines is 1. The molecule has 0 atom stereocenters. The maximum Gasteiger partial charge on any atom is 0.225 e. The van der Waals surface area contributed by atoms with Crippen LogP contribution in [0.15, 0.2) is 30.7 Å². The van der Waals surface area contributed by atoms with Crippen molar-refractivity contribution in [2.45, 2.75) is 6.42 Å². The molecule has 0 aliphatic carbocycles. The zero-order valence-electron chi connectivity index (χ0n) is 15.8. The predicted octanol–water partition coefficient (Wildman–Crippen LogP) is 1.75. The first-order valence-electron chi connectivity index (χ1n) is 9.00. The first-order valence-corrected chi connectivity index (χ1v) is 10.8. The normalized spacial score (nSPS) is 16.3. The zero-order chi connectivity index (χ0) is 19.7. The third kappa shape index (κ3) is 3.65. The molecule has 10 heteroatoms. The summed E-state index contributed by atoms with van der Waals surface area (Å²) in [6.45, 7) is 2.21. The minimum atomic E-state index is -3.19. The van der Waals surface area contributed by atoms with Gasteiger partial charge in [0, 0.05) is 50.9 Å². The van der Waals surface area contributed by atoms with Gasteiger partial charge in [-0.1, -0.05) is 0 Å². The Morgan fingerprint density at radius 1 is 1.21 bits per heavy atom. The molecule has 0 aromatic carbocycles. The van der Waals surface area contributed by atoms with Gasteiger partial charge in [-0.05, 0) is 18.6 Å². The van der Waals surface area contributed by atoms with Crippen LogP contribution in [0.3, 0.4) is 0 Å². The summed E-state index contributed by atoms with van der Waals surface area (Å²) in [7, 11) is -1.58. The molecule has 0 amide bonds. The number of fused-ring (bicyclic) bond motifs is 1. The van der Waals surface area contributed by atoms with Crippen molar-refractivity contribution in [2.75, 3.05) is 44.4 Å². The Morgan fingerprint density at radius 3 is 2.86 bits per heavy atom. The topological polar surface area (TPSA) is 104 Å². The third-order valence-corrected chi connectivity index (χ3v) is 6.17. The van der Waals surface area contributed by atoms with E-state index in [0.29, 0.717) is 37.9 Å². The van der Waals surface area contributed by atoms with Crippen LogP contribution < -0.4 is 9.64 Å². The van der Waals surface area contributed by atoms with Gasteiger partial charge in [0.05, 0.1) is 25.3 Å². The van der Waals surface area contributed by atoms with E-state index in [2.05, 4.69) is 15.0 Å². The van der Waals surface area contributed by atoms with E-state index in [0.717, 1.165) is 28.7 Å². The molecule has 0 bridgehead atoms. The molecule has 0 radical (unpaired) electrons. The van der Waals surface area contributed by atoms with Crippen LogP contribution in [0.4, 0.5) is 5.95 Å². The number of aromatic amines is 1. The summed E-state index contributed by atoms with van der Waals surface area (Å²) < 4.78 is 30.4. The van der Waals surface area contributed by atoms with Gasteiger partial charge in [0.15, 0.2) is 0 Å². The Bertz CT molecular complexity index is 1100. The van der Waals surface area contributed by atoms with Crippen molar-refractivity contribution in [1.82, 2.24) is 24.2 Å². The minimum Gasteiger partial charge on any atom is -0.495 e. The van der Waals surface area contributed by atoms with E-state index in [9.17, 15) is 8.42 Å². The van der Waals surface area contributed by atoms with Gasteiger partial charge in [0.25, 0.3) is 0 Å². The van der Waals surface area contributed by atoms with Crippen LogP contribution >= 0.6 is 0 Å². The number of nitrogens with one attached hydrogen (secondary N) is 1. The van der Waals surface area contributed by atoms with E-state index >= 15 is 0 Å². The van der Waals surface area contributed by atoms with Gasteiger partial charge >= 0.3 is 0 Å².